The van der Waals surface area contributed by atoms with Gasteiger partial charge in [-0.25, -0.2) is 0 Å². The SMILES string of the molecule is CC(=O)Nc1cccc(CNC(=O)C2(N)CCCC2)c1.Cl. The van der Waals surface area contributed by atoms with Gasteiger partial charge in [0.2, 0.25) is 11.8 Å². The maximum absolute atomic E-state index is 12.1. The van der Waals surface area contributed by atoms with Crippen LogP contribution in [0.5, 0.6) is 0 Å². The molecule has 2 rings (SSSR count). The predicted octanol–water partition coefficient (Wildman–Crippen LogP) is 1.95. The number of hydrogen-bond acceptors (Lipinski definition) is 3. The molecule has 21 heavy (non-hydrogen) atoms. The summed E-state index contributed by atoms with van der Waals surface area (Å²) in [5.41, 5.74) is 7.06. The monoisotopic (exact) mass is 311 g/mol. The molecule has 1 aliphatic rings. The lowest BCUT2D eigenvalue weighted by Crippen LogP contribution is -2.51. The van der Waals surface area contributed by atoms with E-state index in [1.54, 1.807) is 0 Å². The van der Waals surface area contributed by atoms with Crippen LogP contribution in [0, 0.1) is 0 Å². The van der Waals surface area contributed by atoms with E-state index in [-0.39, 0.29) is 24.2 Å². The van der Waals surface area contributed by atoms with Crippen molar-refractivity contribution in [1.82, 2.24) is 5.32 Å². The molecule has 4 N–H and O–H groups in total. The second-order valence-corrected chi connectivity index (χ2v) is 5.43. The first-order valence-corrected chi connectivity index (χ1v) is 6.93. The number of amides is 2. The first kappa shape index (κ1) is 17.5. The first-order chi connectivity index (χ1) is 9.49. The lowest BCUT2D eigenvalue weighted by molar-refractivity contribution is -0.126. The highest BCUT2D eigenvalue weighted by molar-refractivity contribution is 5.89. The molecule has 0 aromatic heterocycles. The van der Waals surface area contributed by atoms with Gasteiger partial charge in [-0.3, -0.25) is 9.59 Å². The summed E-state index contributed by atoms with van der Waals surface area (Å²) >= 11 is 0. The molecule has 1 saturated carbocycles. The molecule has 0 aliphatic heterocycles. The summed E-state index contributed by atoms with van der Waals surface area (Å²) in [5, 5.41) is 5.60. The molecule has 5 nitrogen and oxygen atoms in total. The highest BCUT2D eigenvalue weighted by Crippen LogP contribution is 2.27. The zero-order valence-corrected chi connectivity index (χ0v) is 13.0. The number of benzene rings is 1. The number of halogens is 1. The smallest absolute Gasteiger partial charge is 0.240 e. The van der Waals surface area contributed by atoms with Crippen LogP contribution >= 0.6 is 12.4 Å². The second-order valence-electron chi connectivity index (χ2n) is 5.43. The number of nitrogens with one attached hydrogen (secondary N) is 2. The van der Waals surface area contributed by atoms with Crippen molar-refractivity contribution < 1.29 is 9.59 Å². The number of carbonyl (C=O) groups is 2. The molecule has 0 bridgehead atoms. The van der Waals surface area contributed by atoms with Gasteiger partial charge < -0.3 is 16.4 Å². The van der Waals surface area contributed by atoms with Crippen molar-refractivity contribution in [3.63, 3.8) is 0 Å². The Balaban J connectivity index is 0.00000220. The first-order valence-electron chi connectivity index (χ1n) is 6.93. The average molecular weight is 312 g/mol. The summed E-state index contributed by atoms with van der Waals surface area (Å²) in [6.45, 7) is 1.89. The Morgan fingerprint density at radius 2 is 1.95 bits per heavy atom. The fourth-order valence-electron chi connectivity index (χ4n) is 2.55. The molecule has 116 valence electrons. The van der Waals surface area contributed by atoms with Gasteiger partial charge >= 0.3 is 0 Å². The Hall–Kier alpha value is -1.59. The second kappa shape index (κ2) is 7.43. The maximum atomic E-state index is 12.1. The van der Waals surface area contributed by atoms with E-state index in [1.165, 1.54) is 6.92 Å². The summed E-state index contributed by atoms with van der Waals surface area (Å²) in [7, 11) is 0. The van der Waals surface area contributed by atoms with Crippen molar-refractivity contribution >= 4 is 29.9 Å². The molecule has 0 radical (unpaired) electrons. The van der Waals surface area contributed by atoms with E-state index in [9.17, 15) is 9.59 Å². The van der Waals surface area contributed by atoms with Gasteiger partial charge in [-0.2, -0.15) is 0 Å². The van der Waals surface area contributed by atoms with E-state index in [0.717, 1.165) is 36.9 Å². The van der Waals surface area contributed by atoms with Crippen LogP contribution in [0.2, 0.25) is 0 Å². The van der Waals surface area contributed by atoms with Crippen molar-refractivity contribution in [2.75, 3.05) is 5.32 Å². The molecule has 2 amide bonds. The molecule has 1 aromatic carbocycles. The molecular weight excluding hydrogens is 290 g/mol. The van der Waals surface area contributed by atoms with E-state index in [2.05, 4.69) is 10.6 Å². The normalized spacial score (nSPS) is 15.9. The Morgan fingerprint density at radius 3 is 2.57 bits per heavy atom. The lowest BCUT2D eigenvalue weighted by Gasteiger charge is -2.22. The lowest BCUT2D eigenvalue weighted by atomic mass is 9.98. The van der Waals surface area contributed by atoms with Gasteiger partial charge in [-0.1, -0.05) is 25.0 Å². The Labute approximate surface area is 131 Å². The van der Waals surface area contributed by atoms with Crippen LogP contribution in [0.4, 0.5) is 5.69 Å². The van der Waals surface area contributed by atoms with Crippen LogP contribution in [-0.4, -0.2) is 17.4 Å². The van der Waals surface area contributed by atoms with Crippen LogP contribution in [-0.2, 0) is 16.1 Å². The molecular formula is C15H22ClN3O2. The number of nitrogens with two attached hydrogens (primary N) is 1. The number of carbonyl (C=O) groups excluding carboxylic acids is 2. The van der Waals surface area contributed by atoms with Crippen molar-refractivity contribution in [3.05, 3.63) is 29.8 Å². The fraction of sp³-hybridized carbons (Fsp3) is 0.467. The molecule has 1 aromatic rings. The van der Waals surface area contributed by atoms with Gasteiger partial charge in [0.25, 0.3) is 0 Å². The summed E-state index contributed by atoms with van der Waals surface area (Å²) in [4.78, 5) is 23.1. The van der Waals surface area contributed by atoms with Crippen LogP contribution in [0.3, 0.4) is 0 Å². The van der Waals surface area contributed by atoms with Gasteiger partial charge in [0.05, 0.1) is 5.54 Å². The van der Waals surface area contributed by atoms with Crippen LogP contribution < -0.4 is 16.4 Å². The van der Waals surface area contributed by atoms with Gasteiger partial charge in [-0.05, 0) is 30.5 Å². The third-order valence-electron chi connectivity index (χ3n) is 3.65. The summed E-state index contributed by atoms with van der Waals surface area (Å²) in [6.07, 6.45) is 3.54. The number of hydrogen-bond donors (Lipinski definition) is 3. The standard InChI is InChI=1S/C15H21N3O2.ClH/c1-11(19)18-13-6-4-5-12(9-13)10-17-14(20)15(16)7-2-3-8-15;/h4-6,9H,2-3,7-8,10,16H2,1H3,(H,17,20)(H,18,19);1H. The molecule has 6 heteroatoms. The van der Waals surface area contributed by atoms with Gasteiger partial charge in [0.15, 0.2) is 0 Å². The van der Waals surface area contributed by atoms with E-state index >= 15 is 0 Å². The number of rotatable bonds is 4. The summed E-state index contributed by atoms with van der Waals surface area (Å²) in [6, 6.07) is 7.41. The van der Waals surface area contributed by atoms with Crippen LogP contribution in [0.15, 0.2) is 24.3 Å². The van der Waals surface area contributed by atoms with E-state index < -0.39 is 5.54 Å². The largest absolute Gasteiger partial charge is 0.350 e. The summed E-state index contributed by atoms with van der Waals surface area (Å²) < 4.78 is 0. The Morgan fingerprint density at radius 1 is 1.29 bits per heavy atom. The van der Waals surface area contributed by atoms with Gasteiger partial charge in [-0.15, -0.1) is 12.4 Å². The summed E-state index contributed by atoms with van der Waals surface area (Å²) in [5.74, 6) is -0.196. The van der Waals surface area contributed by atoms with Crippen molar-refractivity contribution in [3.8, 4) is 0 Å². The highest BCUT2D eigenvalue weighted by Gasteiger charge is 2.36. The van der Waals surface area contributed by atoms with Crippen molar-refractivity contribution in [2.45, 2.75) is 44.7 Å². The molecule has 0 atom stereocenters. The zero-order chi connectivity index (χ0) is 14.6. The van der Waals surface area contributed by atoms with E-state index in [0.29, 0.717) is 6.54 Å². The average Bonchev–Trinajstić information content (AvgIpc) is 2.84. The molecule has 0 unspecified atom stereocenters. The van der Waals surface area contributed by atoms with Crippen LogP contribution in [0.1, 0.15) is 38.2 Å². The molecule has 0 heterocycles. The van der Waals surface area contributed by atoms with Gasteiger partial charge in [0, 0.05) is 19.2 Å². The van der Waals surface area contributed by atoms with Gasteiger partial charge in [0.1, 0.15) is 0 Å². The minimum atomic E-state index is -0.699. The third-order valence-corrected chi connectivity index (χ3v) is 3.65. The quantitative estimate of drug-likeness (QED) is 0.794. The fourth-order valence-corrected chi connectivity index (χ4v) is 2.55. The topological polar surface area (TPSA) is 84.2 Å². The molecule has 1 aliphatic carbocycles. The Kier molecular flexibility index (Phi) is 6.18. The number of anilines is 1. The predicted molar refractivity (Wildman–Crippen MR) is 85.2 cm³/mol. The van der Waals surface area contributed by atoms with E-state index in [1.807, 2.05) is 24.3 Å². The zero-order valence-electron chi connectivity index (χ0n) is 12.1. The van der Waals surface area contributed by atoms with Crippen molar-refractivity contribution in [1.29, 1.82) is 0 Å². The molecule has 0 spiro atoms. The third kappa shape index (κ3) is 4.72. The highest BCUT2D eigenvalue weighted by atomic mass is 35.5. The van der Waals surface area contributed by atoms with Crippen LogP contribution in [0.25, 0.3) is 0 Å². The maximum Gasteiger partial charge on any atom is 0.240 e. The Bertz CT molecular complexity index is 513. The van der Waals surface area contributed by atoms with E-state index in [4.69, 9.17) is 5.73 Å². The molecule has 1 fully saturated rings. The van der Waals surface area contributed by atoms with Crippen molar-refractivity contribution in [2.24, 2.45) is 5.73 Å². The minimum absolute atomic E-state index is 0. The molecule has 0 saturated heterocycles. The minimum Gasteiger partial charge on any atom is -0.350 e.